The van der Waals surface area contributed by atoms with Crippen LogP contribution >= 0.6 is 15.9 Å². The molecular weight excluding hydrogens is 443 g/mol. The van der Waals surface area contributed by atoms with Gasteiger partial charge < -0.3 is 19.1 Å². The molecule has 8 heteroatoms. The highest BCUT2D eigenvalue weighted by atomic mass is 79.9. The highest BCUT2D eigenvalue weighted by Crippen LogP contribution is 2.27. The Labute approximate surface area is 175 Å². The van der Waals surface area contributed by atoms with Crippen molar-refractivity contribution < 1.29 is 23.8 Å². The molecular formula is C21H20BrFN2O4. The maximum atomic E-state index is 14.1. The number of ether oxygens (including phenoxy) is 2. The SMILES string of the molecule is COC(=O)c1ccc2nc(Cc3cc(F)c(Br)cc3CO)n(CC3CCO3)c2c1. The van der Waals surface area contributed by atoms with E-state index in [9.17, 15) is 14.3 Å². The number of aliphatic hydroxyl groups excluding tert-OH is 1. The van der Waals surface area contributed by atoms with Crippen LogP contribution in [0.4, 0.5) is 4.39 Å². The molecule has 1 fully saturated rings. The van der Waals surface area contributed by atoms with E-state index in [2.05, 4.69) is 15.9 Å². The molecule has 0 saturated carbocycles. The molecule has 29 heavy (non-hydrogen) atoms. The van der Waals surface area contributed by atoms with Crippen LogP contribution in [0.3, 0.4) is 0 Å². The maximum absolute atomic E-state index is 14.1. The molecule has 1 aromatic heterocycles. The second-order valence-corrected chi connectivity index (χ2v) is 7.84. The highest BCUT2D eigenvalue weighted by molar-refractivity contribution is 9.10. The third kappa shape index (κ3) is 3.92. The molecule has 152 valence electrons. The van der Waals surface area contributed by atoms with Gasteiger partial charge in [0, 0.05) is 13.0 Å². The van der Waals surface area contributed by atoms with Gasteiger partial charge in [0.15, 0.2) is 0 Å². The van der Waals surface area contributed by atoms with Crippen molar-refractivity contribution in [3.63, 3.8) is 0 Å². The van der Waals surface area contributed by atoms with E-state index >= 15 is 0 Å². The fraction of sp³-hybridized carbons (Fsp3) is 0.333. The van der Waals surface area contributed by atoms with Crippen LogP contribution in [0.15, 0.2) is 34.8 Å². The van der Waals surface area contributed by atoms with Crippen molar-refractivity contribution in [2.75, 3.05) is 13.7 Å². The van der Waals surface area contributed by atoms with Gasteiger partial charge >= 0.3 is 5.97 Å². The zero-order valence-electron chi connectivity index (χ0n) is 15.8. The summed E-state index contributed by atoms with van der Waals surface area (Å²) < 4.78 is 26.9. The largest absolute Gasteiger partial charge is 0.465 e. The molecule has 1 aliphatic heterocycles. The summed E-state index contributed by atoms with van der Waals surface area (Å²) >= 11 is 3.16. The van der Waals surface area contributed by atoms with E-state index in [1.807, 2.05) is 4.57 Å². The number of aromatic nitrogens is 2. The number of hydrogen-bond acceptors (Lipinski definition) is 5. The first-order valence-electron chi connectivity index (χ1n) is 9.27. The smallest absolute Gasteiger partial charge is 0.337 e. The van der Waals surface area contributed by atoms with Gasteiger partial charge in [-0.1, -0.05) is 0 Å². The first kappa shape index (κ1) is 20.0. The molecule has 1 saturated heterocycles. The summed E-state index contributed by atoms with van der Waals surface area (Å²) in [4.78, 5) is 16.7. The fourth-order valence-electron chi connectivity index (χ4n) is 3.50. The summed E-state index contributed by atoms with van der Waals surface area (Å²) in [6.45, 7) is 1.11. The third-order valence-corrected chi connectivity index (χ3v) is 5.80. The van der Waals surface area contributed by atoms with Gasteiger partial charge in [-0.05, 0) is 63.8 Å². The molecule has 3 aromatic rings. The van der Waals surface area contributed by atoms with Crippen LogP contribution < -0.4 is 0 Å². The van der Waals surface area contributed by atoms with Gasteiger partial charge in [-0.15, -0.1) is 0 Å². The summed E-state index contributed by atoms with van der Waals surface area (Å²) in [7, 11) is 1.34. The Morgan fingerprint density at radius 2 is 2.17 bits per heavy atom. The number of aliphatic hydroxyl groups is 1. The van der Waals surface area contributed by atoms with E-state index in [0.29, 0.717) is 40.0 Å². The van der Waals surface area contributed by atoms with Gasteiger partial charge in [0.25, 0.3) is 0 Å². The van der Waals surface area contributed by atoms with Crippen molar-refractivity contribution in [2.24, 2.45) is 0 Å². The normalized spacial score (nSPS) is 16.1. The molecule has 1 N–H and O–H groups in total. The summed E-state index contributed by atoms with van der Waals surface area (Å²) in [6.07, 6.45) is 1.37. The first-order valence-corrected chi connectivity index (χ1v) is 10.1. The molecule has 1 atom stereocenters. The quantitative estimate of drug-likeness (QED) is 0.566. The Morgan fingerprint density at radius 1 is 1.38 bits per heavy atom. The molecule has 6 nitrogen and oxygen atoms in total. The second-order valence-electron chi connectivity index (χ2n) is 6.99. The molecule has 2 heterocycles. The number of nitrogens with zero attached hydrogens (tertiary/aromatic N) is 2. The molecule has 0 amide bonds. The number of imidazole rings is 1. The lowest BCUT2D eigenvalue weighted by Crippen LogP contribution is -2.31. The summed E-state index contributed by atoms with van der Waals surface area (Å²) in [5, 5.41) is 9.70. The van der Waals surface area contributed by atoms with E-state index in [-0.39, 0.29) is 12.7 Å². The van der Waals surface area contributed by atoms with Crippen LogP contribution in [0.5, 0.6) is 0 Å². The number of esters is 1. The number of benzene rings is 2. The third-order valence-electron chi connectivity index (χ3n) is 5.19. The second kappa shape index (κ2) is 8.22. The molecule has 0 radical (unpaired) electrons. The van der Waals surface area contributed by atoms with E-state index in [0.717, 1.165) is 24.1 Å². The molecule has 1 aliphatic rings. The lowest BCUT2D eigenvalue weighted by Gasteiger charge is -2.27. The number of carbonyl (C=O) groups is 1. The Bertz CT molecular complexity index is 1080. The van der Waals surface area contributed by atoms with E-state index in [4.69, 9.17) is 14.5 Å². The average molecular weight is 463 g/mol. The number of fused-ring (bicyclic) bond motifs is 1. The van der Waals surface area contributed by atoms with Crippen LogP contribution in [-0.2, 0) is 29.0 Å². The minimum absolute atomic E-state index is 0.0758. The van der Waals surface area contributed by atoms with Gasteiger partial charge in [0.2, 0.25) is 0 Å². The monoisotopic (exact) mass is 462 g/mol. The molecule has 2 aromatic carbocycles. The van der Waals surface area contributed by atoms with Crippen LogP contribution in [-0.4, -0.2) is 40.4 Å². The van der Waals surface area contributed by atoms with Gasteiger partial charge in [-0.3, -0.25) is 0 Å². The highest BCUT2D eigenvalue weighted by Gasteiger charge is 2.23. The Kier molecular flexibility index (Phi) is 5.67. The number of hydrogen-bond donors (Lipinski definition) is 1. The van der Waals surface area contributed by atoms with Crippen molar-refractivity contribution in [1.82, 2.24) is 9.55 Å². The molecule has 1 unspecified atom stereocenters. The maximum Gasteiger partial charge on any atom is 0.337 e. The van der Waals surface area contributed by atoms with E-state index < -0.39 is 11.8 Å². The zero-order chi connectivity index (χ0) is 20.5. The van der Waals surface area contributed by atoms with Gasteiger partial charge in [-0.2, -0.15) is 0 Å². The number of rotatable bonds is 6. The Hall–Kier alpha value is -2.29. The summed E-state index contributed by atoms with van der Waals surface area (Å²) in [5.41, 5.74) is 3.25. The Balaban J connectivity index is 1.79. The molecule has 0 spiro atoms. The predicted octanol–water partition coefficient (Wildman–Crippen LogP) is 3.60. The molecule has 0 aliphatic carbocycles. The van der Waals surface area contributed by atoms with E-state index in [1.165, 1.54) is 13.2 Å². The van der Waals surface area contributed by atoms with Gasteiger partial charge in [0.05, 0.1) is 47.4 Å². The lowest BCUT2D eigenvalue weighted by atomic mass is 10.0. The van der Waals surface area contributed by atoms with Crippen molar-refractivity contribution in [1.29, 1.82) is 0 Å². The minimum atomic E-state index is -0.418. The topological polar surface area (TPSA) is 73.6 Å². The molecule has 0 bridgehead atoms. The van der Waals surface area contributed by atoms with Gasteiger partial charge in [0.1, 0.15) is 11.6 Å². The number of carbonyl (C=O) groups excluding carboxylic acids is 1. The average Bonchev–Trinajstić information content (AvgIpc) is 3.02. The number of halogens is 2. The first-order chi connectivity index (χ1) is 14.0. The Morgan fingerprint density at radius 3 is 2.83 bits per heavy atom. The summed E-state index contributed by atoms with van der Waals surface area (Å²) in [6, 6.07) is 8.21. The van der Waals surface area contributed by atoms with E-state index in [1.54, 1.807) is 24.3 Å². The van der Waals surface area contributed by atoms with Crippen molar-refractivity contribution in [3.8, 4) is 0 Å². The van der Waals surface area contributed by atoms with Crippen LogP contribution in [0.25, 0.3) is 11.0 Å². The molecule has 4 rings (SSSR count). The lowest BCUT2D eigenvalue weighted by molar-refractivity contribution is -0.0589. The van der Waals surface area contributed by atoms with Crippen LogP contribution in [0.2, 0.25) is 0 Å². The minimum Gasteiger partial charge on any atom is -0.465 e. The summed E-state index contributed by atoms with van der Waals surface area (Å²) in [5.74, 6) is -0.0947. The zero-order valence-corrected chi connectivity index (χ0v) is 17.4. The predicted molar refractivity (Wildman–Crippen MR) is 108 cm³/mol. The van der Waals surface area contributed by atoms with Gasteiger partial charge in [-0.25, -0.2) is 14.2 Å². The fourth-order valence-corrected chi connectivity index (χ4v) is 3.89. The standard InChI is InChI=1S/C21H20BrFN2O4/c1-28-21(27)12-2-3-18-19(8-12)25(10-15-4-5-29-15)20(24-18)9-13-7-17(23)16(22)6-14(13)11-26/h2-3,6-8,15,26H,4-5,9-11H2,1H3. The van der Waals surface area contributed by atoms with Crippen LogP contribution in [0, 0.1) is 5.82 Å². The van der Waals surface area contributed by atoms with Crippen LogP contribution in [0.1, 0.15) is 33.7 Å². The number of methoxy groups -OCH3 is 1. The van der Waals surface area contributed by atoms with Crippen molar-refractivity contribution >= 4 is 32.9 Å². The van der Waals surface area contributed by atoms with Crippen molar-refractivity contribution in [2.45, 2.75) is 32.1 Å². The van der Waals surface area contributed by atoms with Crippen molar-refractivity contribution in [3.05, 3.63) is 63.1 Å².